The molecule has 1 fully saturated rings. The molecule has 74 valence electrons. The van der Waals surface area contributed by atoms with Crippen molar-refractivity contribution in [3.05, 3.63) is 0 Å². The van der Waals surface area contributed by atoms with Gasteiger partial charge in [-0.3, -0.25) is 5.32 Å². The minimum atomic E-state index is -0.404. The molecule has 0 saturated heterocycles. The van der Waals surface area contributed by atoms with E-state index in [0.717, 1.165) is 18.9 Å². The highest BCUT2D eigenvalue weighted by Gasteiger charge is 2.27. The van der Waals surface area contributed by atoms with Gasteiger partial charge in [0, 0.05) is 20.1 Å². The molecule has 0 amide bonds. The van der Waals surface area contributed by atoms with Crippen LogP contribution in [0.3, 0.4) is 0 Å². The molecule has 1 aliphatic rings. The molecule has 0 aromatic heterocycles. The predicted octanol–water partition coefficient (Wildman–Crippen LogP) is 1.30. The van der Waals surface area contributed by atoms with Gasteiger partial charge in [-0.05, 0) is 32.2 Å². The quantitative estimate of drug-likeness (QED) is 0.673. The Kier molecular flexibility index (Phi) is 3.71. The summed E-state index contributed by atoms with van der Waals surface area (Å²) in [4.78, 5) is 0. The van der Waals surface area contributed by atoms with Crippen LogP contribution in [0.25, 0.3) is 0 Å². The van der Waals surface area contributed by atoms with Crippen LogP contribution < -0.4 is 5.32 Å². The first-order valence-corrected chi connectivity index (χ1v) is 4.85. The second-order valence-corrected chi connectivity index (χ2v) is 4.01. The second-order valence-electron chi connectivity index (χ2n) is 4.01. The molecule has 1 rings (SSSR count). The fourth-order valence-corrected chi connectivity index (χ4v) is 1.18. The number of nitrogens with zero attached hydrogens (tertiary/aromatic N) is 1. The van der Waals surface area contributed by atoms with Crippen molar-refractivity contribution in [3.8, 4) is 6.07 Å². The number of ether oxygens (including phenoxy) is 1. The van der Waals surface area contributed by atoms with Crippen LogP contribution in [-0.4, -0.2) is 25.8 Å². The second kappa shape index (κ2) is 4.59. The zero-order valence-corrected chi connectivity index (χ0v) is 8.47. The van der Waals surface area contributed by atoms with Crippen LogP contribution in [0.2, 0.25) is 0 Å². The van der Waals surface area contributed by atoms with E-state index >= 15 is 0 Å². The van der Waals surface area contributed by atoms with Crippen molar-refractivity contribution in [1.82, 2.24) is 5.32 Å². The molecule has 3 nitrogen and oxygen atoms in total. The zero-order valence-electron chi connectivity index (χ0n) is 8.47. The highest BCUT2D eigenvalue weighted by atomic mass is 16.5. The summed E-state index contributed by atoms with van der Waals surface area (Å²) in [5.41, 5.74) is -0.404. The van der Waals surface area contributed by atoms with Crippen molar-refractivity contribution in [3.63, 3.8) is 0 Å². The molecule has 0 spiro atoms. The lowest BCUT2D eigenvalue weighted by molar-refractivity contribution is 0.173. The Balaban J connectivity index is 2.24. The molecule has 1 atom stereocenters. The van der Waals surface area contributed by atoms with E-state index in [4.69, 9.17) is 10.00 Å². The Morgan fingerprint density at radius 1 is 1.62 bits per heavy atom. The summed E-state index contributed by atoms with van der Waals surface area (Å²) in [6.07, 6.45) is 3.39. The van der Waals surface area contributed by atoms with E-state index in [2.05, 4.69) is 11.4 Å². The smallest absolute Gasteiger partial charge is 0.106 e. The maximum absolute atomic E-state index is 8.98. The summed E-state index contributed by atoms with van der Waals surface area (Å²) in [6, 6.07) is 2.31. The van der Waals surface area contributed by atoms with E-state index in [9.17, 15) is 0 Å². The van der Waals surface area contributed by atoms with Crippen molar-refractivity contribution < 1.29 is 4.74 Å². The van der Waals surface area contributed by atoms with Gasteiger partial charge in [-0.1, -0.05) is 0 Å². The monoisotopic (exact) mass is 182 g/mol. The third kappa shape index (κ3) is 3.75. The molecule has 3 heteroatoms. The third-order valence-corrected chi connectivity index (χ3v) is 2.53. The van der Waals surface area contributed by atoms with Crippen LogP contribution in [0.4, 0.5) is 0 Å². The molecule has 13 heavy (non-hydrogen) atoms. The average Bonchev–Trinajstić information content (AvgIpc) is 2.95. The molecule has 1 unspecified atom stereocenters. The molecule has 1 N–H and O–H groups in total. The summed E-state index contributed by atoms with van der Waals surface area (Å²) in [6.45, 7) is 3.56. The molecular weight excluding hydrogens is 164 g/mol. The lowest BCUT2D eigenvalue weighted by atomic mass is 10.0. The Bertz CT molecular complexity index is 196. The summed E-state index contributed by atoms with van der Waals surface area (Å²) in [5, 5.41) is 12.3. The SMILES string of the molecule is COCCC(C)(C#N)NCC1CC1. The number of rotatable bonds is 6. The molecular formula is C10H18N2O. The van der Waals surface area contributed by atoms with E-state index in [1.54, 1.807) is 7.11 Å². The number of hydrogen-bond acceptors (Lipinski definition) is 3. The van der Waals surface area contributed by atoms with Crippen molar-refractivity contribution in [1.29, 1.82) is 5.26 Å². The largest absolute Gasteiger partial charge is 0.385 e. The van der Waals surface area contributed by atoms with Gasteiger partial charge >= 0.3 is 0 Å². The Labute approximate surface area is 80.1 Å². The van der Waals surface area contributed by atoms with Crippen LogP contribution in [0.15, 0.2) is 0 Å². The van der Waals surface area contributed by atoms with Gasteiger partial charge < -0.3 is 4.74 Å². The van der Waals surface area contributed by atoms with Gasteiger partial charge in [0.2, 0.25) is 0 Å². The highest BCUT2D eigenvalue weighted by Crippen LogP contribution is 2.28. The number of nitrogens with one attached hydrogen (secondary N) is 1. The van der Waals surface area contributed by atoms with Crippen LogP contribution in [0.5, 0.6) is 0 Å². The molecule has 0 aromatic carbocycles. The number of methoxy groups -OCH3 is 1. The van der Waals surface area contributed by atoms with Gasteiger partial charge in [0.1, 0.15) is 5.54 Å². The summed E-state index contributed by atoms with van der Waals surface area (Å²) >= 11 is 0. The highest BCUT2D eigenvalue weighted by molar-refractivity contribution is 5.04. The van der Waals surface area contributed by atoms with Gasteiger partial charge in [-0.15, -0.1) is 0 Å². The summed E-state index contributed by atoms with van der Waals surface area (Å²) < 4.78 is 4.97. The van der Waals surface area contributed by atoms with Crippen LogP contribution >= 0.6 is 0 Å². The summed E-state index contributed by atoms with van der Waals surface area (Å²) in [5.74, 6) is 0.815. The zero-order chi connectivity index (χ0) is 9.73. The first kappa shape index (κ1) is 10.5. The Hall–Kier alpha value is -0.590. The standard InChI is InChI=1S/C10H18N2O/c1-10(8-11,5-6-13-2)12-7-9-3-4-9/h9,12H,3-7H2,1-2H3. The van der Waals surface area contributed by atoms with Gasteiger partial charge in [0.15, 0.2) is 0 Å². The van der Waals surface area contributed by atoms with Crippen LogP contribution in [0, 0.1) is 17.2 Å². The van der Waals surface area contributed by atoms with E-state index < -0.39 is 5.54 Å². The van der Waals surface area contributed by atoms with E-state index in [1.807, 2.05) is 6.92 Å². The fraction of sp³-hybridized carbons (Fsp3) is 0.900. The molecule has 1 aliphatic carbocycles. The molecule has 0 aromatic rings. The molecule has 0 heterocycles. The first-order valence-electron chi connectivity index (χ1n) is 4.85. The molecule has 0 radical (unpaired) electrons. The lowest BCUT2D eigenvalue weighted by Crippen LogP contribution is -2.42. The van der Waals surface area contributed by atoms with E-state index in [1.165, 1.54) is 12.8 Å². The van der Waals surface area contributed by atoms with E-state index in [-0.39, 0.29) is 0 Å². The lowest BCUT2D eigenvalue weighted by Gasteiger charge is -2.22. The van der Waals surface area contributed by atoms with Gasteiger partial charge in [0.05, 0.1) is 6.07 Å². The van der Waals surface area contributed by atoms with Gasteiger partial charge in [-0.25, -0.2) is 0 Å². The van der Waals surface area contributed by atoms with Crippen molar-refractivity contribution in [2.75, 3.05) is 20.3 Å². The van der Waals surface area contributed by atoms with Crippen LogP contribution in [0.1, 0.15) is 26.2 Å². The predicted molar refractivity (Wildman–Crippen MR) is 51.2 cm³/mol. The Morgan fingerprint density at radius 2 is 2.31 bits per heavy atom. The Morgan fingerprint density at radius 3 is 2.77 bits per heavy atom. The van der Waals surface area contributed by atoms with Crippen molar-refractivity contribution in [2.45, 2.75) is 31.7 Å². The normalized spacial score (nSPS) is 20.7. The fourth-order valence-electron chi connectivity index (χ4n) is 1.18. The maximum Gasteiger partial charge on any atom is 0.106 e. The maximum atomic E-state index is 8.98. The molecule has 0 bridgehead atoms. The minimum Gasteiger partial charge on any atom is -0.385 e. The van der Waals surface area contributed by atoms with Crippen molar-refractivity contribution >= 4 is 0 Å². The molecule has 0 aliphatic heterocycles. The van der Waals surface area contributed by atoms with Crippen molar-refractivity contribution in [2.24, 2.45) is 5.92 Å². The number of nitriles is 1. The van der Waals surface area contributed by atoms with Crippen LogP contribution in [-0.2, 0) is 4.74 Å². The van der Waals surface area contributed by atoms with Gasteiger partial charge in [-0.2, -0.15) is 5.26 Å². The van der Waals surface area contributed by atoms with Gasteiger partial charge in [0.25, 0.3) is 0 Å². The third-order valence-electron chi connectivity index (χ3n) is 2.53. The molecule has 1 saturated carbocycles. The minimum absolute atomic E-state index is 0.404. The van der Waals surface area contributed by atoms with E-state index in [0.29, 0.717) is 6.61 Å². The summed E-state index contributed by atoms with van der Waals surface area (Å²) in [7, 11) is 1.67. The average molecular weight is 182 g/mol. The number of hydrogen-bond donors (Lipinski definition) is 1. The topological polar surface area (TPSA) is 45.0 Å². The first-order chi connectivity index (χ1) is 6.20.